The van der Waals surface area contributed by atoms with Crippen molar-refractivity contribution in [3.63, 3.8) is 0 Å². The van der Waals surface area contributed by atoms with Crippen LogP contribution in [0, 0.1) is 5.41 Å². The van der Waals surface area contributed by atoms with Crippen molar-refractivity contribution in [1.82, 2.24) is 15.3 Å². The van der Waals surface area contributed by atoms with E-state index in [1.165, 1.54) is 0 Å². The highest BCUT2D eigenvalue weighted by Crippen LogP contribution is 2.35. The molecule has 2 aromatic heterocycles. The van der Waals surface area contributed by atoms with Crippen LogP contribution in [0.2, 0.25) is 0 Å². The molecule has 0 aliphatic carbocycles. The van der Waals surface area contributed by atoms with E-state index >= 15 is 0 Å². The van der Waals surface area contributed by atoms with Gasteiger partial charge in [0.1, 0.15) is 0 Å². The van der Waals surface area contributed by atoms with Crippen molar-refractivity contribution >= 4 is 5.91 Å². The summed E-state index contributed by atoms with van der Waals surface area (Å²) in [4.78, 5) is 21.6. The maximum absolute atomic E-state index is 13.2. The molecule has 5 nitrogen and oxygen atoms in total. The normalized spacial score (nSPS) is 15.6. The van der Waals surface area contributed by atoms with Crippen molar-refractivity contribution < 1.29 is 9.53 Å². The molecule has 3 heterocycles. The van der Waals surface area contributed by atoms with Crippen molar-refractivity contribution in [3.05, 3.63) is 84.4 Å². The number of carbonyl (C=O) groups is 1. The van der Waals surface area contributed by atoms with Crippen LogP contribution in [-0.2, 0) is 22.5 Å². The molecule has 0 saturated carbocycles. The Morgan fingerprint density at radius 2 is 1.79 bits per heavy atom. The largest absolute Gasteiger partial charge is 0.381 e. The van der Waals surface area contributed by atoms with Crippen molar-refractivity contribution in [2.45, 2.75) is 25.8 Å². The van der Waals surface area contributed by atoms with E-state index in [9.17, 15) is 4.79 Å². The van der Waals surface area contributed by atoms with E-state index in [2.05, 4.69) is 39.6 Å². The summed E-state index contributed by atoms with van der Waals surface area (Å²) in [5.41, 5.74) is 3.84. The second-order valence-corrected chi connectivity index (χ2v) is 7.51. The number of nitrogens with one attached hydrogen (secondary N) is 1. The molecule has 29 heavy (non-hydrogen) atoms. The maximum Gasteiger partial charge on any atom is 0.227 e. The third-order valence-electron chi connectivity index (χ3n) is 5.57. The van der Waals surface area contributed by atoms with Gasteiger partial charge < -0.3 is 10.1 Å². The number of amides is 1. The molecule has 1 aliphatic heterocycles. The number of nitrogens with zero attached hydrogens (tertiary/aromatic N) is 2. The van der Waals surface area contributed by atoms with E-state index in [-0.39, 0.29) is 5.91 Å². The fourth-order valence-electron chi connectivity index (χ4n) is 3.90. The van der Waals surface area contributed by atoms with Crippen LogP contribution in [0.3, 0.4) is 0 Å². The molecule has 1 amide bonds. The molecule has 1 N–H and O–H groups in total. The highest BCUT2D eigenvalue weighted by molar-refractivity contribution is 5.83. The Morgan fingerprint density at radius 3 is 2.55 bits per heavy atom. The minimum Gasteiger partial charge on any atom is -0.381 e. The van der Waals surface area contributed by atoms with Crippen LogP contribution in [-0.4, -0.2) is 29.1 Å². The van der Waals surface area contributed by atoms with Crippen molar-refractivity contribution in [2.75, 3.05) is 13.2 Å². The number of rotatable bonds is 6. The first-order chi connectivity index (χ1) is 14.3. The van der Waals surface area contributed by atoms with Gasteiger partial charge in [0, 0.05) is 31.8 Å². The van der Waals surface area contributed by atoms with Gasteiger partial charge in [0.15, 0.2) is 0 Å². The lowest BCUT2D eigenvalue weighted by Gasteiger charge is -2.36. The Labute approximate surface area is 171 Å². The smallest absolute Gasteiger partial charge is 0.227 e. The number of ether oxygens (including phenoxy) is 1. The van der Waals surface area contributed by atoms with Gasteiger partial charge in [0.2, 0.25) is 5.91 Å². The van der Waals surface area contributed by atoms with E-state index < -0.39 is 5.41 Å². The summed E-state index contributed by atoms with van der Waals surface area (Å²) in [5, 5.41) is 3.11. The van der Waals surface area contributed by atoms with Crippen LogP contribution in [0.15, 0.2) is 73.2 Å². The monoisotopic (exact) mass is 387 g/mol. The minimum atomic E-state index is -0.454. The fourth-order valence-corrected chi connectivity index (χ4v) is 3.90. The summed E-state index contributed by atoms with van der Waals surface area (Å²) in [7, 11) is 0. The van der Waals surface area contributed by atoms with Crippen LogP contribution in [0.4, 0.5) is 0 Å². The lowest BCUT2D eigenvalue weighted by atomic mass is 9.74. The maximum atomic E-state index is 13.2. The highest BCUT2D eigenvalue weighted by atomic mass is 16.5. The molecule has 0 atom stereocenters. The minimum absolute atomic E-state index is 0.0840. The first kappa shape index (κ1) is 19.3. The molecule has 1 aromatic carbocycles. The Kier molecular flexibility index (Phi) is 5.96. The molecule has 0 radical (unpaired) electrons. The van der Waals surface area contributed by atoms with Crippen LogP contribution in [0.1, 0.15) is 24.1 Å². The van der Waals surface area contributed by atoms with Crippen molar-refractivity contribution in [2.24, 2.45) is 5.41 Å². The molecule has 1 saturated heterocycles. The Morgan fingerprint density at radius 1 is 0.966 bits per heavy atom. The number of pyridine rings is 2. The molecule has 5 heteroatoms. The number of aromatic nitrogens is 2. The summed E-state index contributed by atoms with van der Waals surface area (Å²) < 4.78 is 5.57. The van der Waals surface area contributed by atoms with E-state index in [0.29, 0.717) is 26.2 Å². The molecule has 0 spiro atoms. The second kappa shape index (κ2) is 8.97. The predicted molar refractivity (Wildman–Crippen MR) is 112 cm³/mol. The van der Waals surface area contributed by atoms with E-state index in [1.54, 1.807) is 18.6 Å². The average Bonchev–Trinajstić information content (AvgIpc) is 2.79. The van der Waals surface area contributed by atoms with Gasteiger partial charge >= 0.3 is 0 Å². The first-order valence-corrected chi connectivity index (χ1v) is 10.0. The highest BCUT2D eigenvalue weighted by Gasteiger charge is 2.40. The number of hydrogen-bond acceptors (Lipinski definition) is 4. The van der Waals surface area contributed by atoms with Crippen LogP contribution in [0.5, 0.6) is 0 Å². The molecular weight excluding hydrogens is 362 g/mol. The van der Waals surface area contributed by atoms with Crippen LogP contribution < -0.4 is 5.32 Å². The van der Waals surface area contributed by atoms with E-state index in [0.717, 1.165) is 35.2 Å². The lowest BCUT2D eigenvalue weighted by molar-refractivity contribution is -0.136. The number of hydrogen-bond donors (Lipinski definition) is 1. The van der Waals surface area contributed by atoms with Crippen LogP contribution >= 0.6 is 0 Å². The zero-order chi connectivity index (χ0) is 19.9. The van der Waals surface area contributed by atoms with Gasteiger partial charge in [-0.1, -0.05) is 30.3 Å². The average molecular weight is 387 g/mol. The second-order valence-electron chi connectivity index (χ2n) is 7.51. The summed E-state index contributed by atoms with van der Waals surface area (Å²) in [5.74, 6) is 0.0840. The van der Waals surface area contributed by atoms with Gasteiger partial charge in [0.05, 0.1) is 17.7 Å². The van der Waals surface area contributed by atoms with Gasteiger partial charge in [-0.15, -0.1) is 0 Å². The zero-order valence-electron chi connectivity index (χ0n) is 16.4. The molecule has 3 aromatic rings. The Balaban J connectivity index is 1.53. The van der Waals surface area contributed by atoms with Gasteiger partial charge in [-0.2, -0.15) is 0 Å². The standard InChI is InChI=1S/C24H25N3O2/c28-23(27-18-22-6-1-2-11-26-22)24(9-14-29-15-10-24)17-19-4-3-5-21(16-19)20-7-12-25-13-8-20/h1-8,11-13,16H,9-10,14-15,17-18H2,(H,27,28). The zero-order valence-corrected chi connectivity index (χ0v) is 16.4. The Hall–Kier alpha value is -3.05. The summed E-state index contributed by atoms with van der Waals surface area (Å²) in [6, 6.07) is 18.2. The molecule has 4 rings (SSSR count). The first-order valence-electron chi connectivity index (χ1n) is 10.0. The molecule has 0 unspecified atom stereocenters. The van der Waals surface area contributed by atoms with Crippen molar-refractivity contribution in [3.8, 4) is 11.1 Å². The fraction of sp³-hybridized carbons (Fsp3) is 0.292. The predicted octanol–water partition coefficient (Wildman–Crippen LogP) is 3.80. The van der Waals surface area contributed by atoms with Gasteiger partial charge in [-0.3, -0.25) is 14.8 Å². The third kappa shape index (κ3) is 4.69. The van der Waals surface area contributed by atoms with Crippen LogP contribution in [0.25, 0.3) is 11.1 Å². The van der Waals surface area contributed by atoms with Gasteiger partial charge in [0.25, 0.3) is 0 Å². The summed E-state index contributed by atoms with van der Waals surface area (Å²) >= 11 is 0. The molecule has 0 bridgehead atoms. The summed E-state index contributed by atoms with van der Waals surface area (Å²) in [6.07, 6.45) is 7.49. The SMILES string of the molecule is O=C(NCc1ccccn1)C1(Cc2cccc(-c3ccncc3)c2)CCOCC1. The Bertz CT molecular complexity index is 939. The lowest BCUT2D eigenvalue weighted by Crippen LogP contribution is -2.46. The van der Waals surface area contributed by atoms with E-state index in [1.807, 2.05) is 30.3 Å². The quantitative estimate of drug-likeness (QED) is 0.699. The topological polar surface area (TPSA) is 64.1 Å². The molecule has 1 aliphatic rings. The number of carbonyl (C=O) groups excluding carboxylic acids is 1. The van der Waals surface area contributed by atoms with Gasteiger partial charge in [-0.25, -0.2) is 0 Å². The molecule has 148 valence electrons. The molecule has 1 fully saturated rings. The van der Waals surface area contributed by atoms with Gasteiger partial charge in [-0.05, 0) is 60.2 Å². The molecular formula is C24H25N3O2. The third-order valence-corrected chi connectivity index (χ3v) is 5.57. The summed E-state index contributed by atoms with van der Waals surface area (Å²) in [6.45, 7) is 1.67. The number of benzene rings is 1. The van der Waals surface area contributed by atoms with E-state index in [4.69, 9.17) is 4.74 Å². The van der Waals surface area contributed by atoms with Crippen molar-refractivity contribution in [1.29, 1.82) is 0 Å².